The zero-order valence-corrected chi connectivity index (χ0v) is 10.4. The van der Waals surface area contributed by atoms with E-state index >= 15 is 0 Å². The number of aromatic nitrogens is 1. The SMILES string of the molecule is Cc1ccn2c(C(=O)c3ccccc3)c(F)cc2c1. The molecular formula is C16H12FNO. The Morgan fingerprint density at radius 3 is 2.58 bits per heavy atom. The summed E-state index contributed by atoms with van der Waals surface area (Å²) in [7, 11) is 0. The van der Waals surface area contributed by atoms with Crippen LogP contribution in [-0.4, -0.2) is 10.2 Å². The summed E-state index contributed by atoms with van der Waals surface area (Å²) < 4.78 is 15.6. The minimum Gasteiger partial charge on any atom is -0.311 e. The monoisotopic (exact) mass is 253 g/mol. The van der Waals surface area contributed by atoms with Crippen molar-refractivity contribution < 1.29 is 9.18 Å². The third-order valence-electron chi connectivity index (χ3n) is 3.13. The number of nitrogens with zero attached hydrogens (tertiary/aromatic N) is 1. The fourth-order valence-corrected chi connectivity index (χ4v) is 2.20. The lowest BCUT2D eigenvalue weighted by atomic mass is 10.1. The molecule has 0 atom stereocenters. The minimum atomic E-state index is -0.487. The van der Waals surface area contributed by atoms with E-state index in [1.807, 2.05) is 25.1 Å². The Kier molecular flexibility index (Phi) is 2.67. The molecule has 0 radical (unpaired) electrons. The zero-order chi connectivity index (χ0) is 13.4. The number of carbonyl (C=O) groups is 1. The number of carbonyl (C=O) groups excluding carboxylic acids is 1. The van der Waals surface area contributed by atoms with Crippen LogP contribution in [0.1, 0.15) is 21.6 Å². The highest BCUT2D eigenvalue weighted by molar-refractivity contribution is 6.08. The van der Waals surface area contributed by atoms with E-state index in [-0.39, 0.29) is 11.5 Å². The molecule has 94 valence electrons. The van der Waals surface area contributed by atoms with E-state index < -0.39 is 5.82 Å². The van der Waals surface area contributed by atoms with Gasteiger partial charge < -0.3 is 4.40 Å². The van der Waals surface area contributed by atoms with Gasteiger partial charge in [0.05, 0.1) is 0 Å². The van der Waals surface area contributed by atoms with Gasteiger partial charge in [-0.3, -0.25) is 4.79 Å². The van der Waals surface area contributed by atoms with Crippen molar-refractivity contribution >= 4 is 11.3 Å². The van der Waals surface area contributed by atoms with Crippen LogP contribution >= 0.6 is 0 Å². The molecule has 0 amide bonds. The summed E-state index contributed by atoms with van der Waals surface area (Å²) >= 11 is 0. The van der Waals surface area contributed by atoms with Crippen LogP contribution in [-0.2, 0) is 0 Å². The van der Waals surface area contributed by atoms with Gasteiger partial charge in [-0.25, -0.2) is 4.39 Å². The number of halogens is 1. The van der Waals surface area contributed by atoms with E-state index in [0.29, 0.717) is 11.1 Å². The van der Waals surface area contributed by atoms with E-state index in [4.69, 9.17) is 0 Å². The lowest BCUT2D eigenvalue weighted by Gasteiger charge is -2.03. The Hall–Kier alpha value is -2.42. The van der Waals surface area contributed by atoms with Crippen LogP contribution in [0, 0.1) is 12.7 Å². The summed E-state index contributed by atoms with van der Waals surface area (Å²) in [5, 5.41) is 0. The second-order valence-electron chi connectivity index (χ2n) is 4.53. The number of ketones is 1. The summed E-state index contributed by atoms with van der Waals surface area (Å²) in [4.78, 5) is 12.4. The molecule has 2 nitrogen and oxygen atoms in total. The molecule has 0 saturated carbocycles. The average Bonchev–Trinajstić information content (AvgIpc) is 2.74. The summed E-state index contributed by atoms with van der Waals surface area (Å²) in [5.74, 6) is -0.790. The molecular weight excluding hydrogens is 241 g/mol. The number of benzene rings is 1. The molecule has 2 aromatic heterocycles. The van der Waals surface area contributed by atoms with Crippen molar-refractivity contribution in [1.29, 1.82) is 0 Å². The molecule has 2 heterocycles. The molecule has 3 aromatic rings. The van der Waals surface area contributed by atoms with Crippen LogP contribution in [0.15, 0.2) is 54.7 Å². The number of aryl methyl sites for hydroxylation is 1. The first-order valence-corrected chi connectivity index (χ1v) is 6.04. The number of hydrogen-bond acceptors (Lipinski definition) is 1. The van der Waals surface area contributed by atoms with E-state index in [0.717, 1.165) is 5.56 Å². The predicted molar refractivity (Wildman–Crippen MR) is 72.0 cm³/mol. The molecule has 0 spiro atoms. The highest BCUT2D eigenvalue weighted by Crippen LogP contribution is 2.19. The molecule has 0 fully saturated rings. The van der Waals surface area contributed by atoms with Crippen LogP contribution in [0.5, 0.6) is 0 Å². The molecule has 3 heteroatoms. The van der Waals surface area contributed by atoms with Crippen molar-refractivity contribution in [1.82, 2.24) is 4.40 Å². The fraction of sp³-hybridized carbons (Fsp3) is 0.0625. The van der Waals surface area contributed by atoms with Gasteiger partial charge in [-0.2, -0.15) is 0 Å². The minimum absolute atomic E-state index is 0.0844. The van der Waals surface area contributed by atoms with Gasteiger partial charge >= 0.3 is 0 Å². The van der Waals surface area contributed by atoms with Gasteiger partial charge in [-0.1, -0.05) is 30.3 Å². The van der Waals surface area contributed by atoms with E-state index in [1.165, 1.54) is 6.07 Å². The molecule has 0 aliphatic heterocycles. The zero-order valence-electron chi connectivity index (χ0n) is 10.4. The van der Waals surface area contributed by atoms with Gasteiger partial charge in [-0.05, 0) is 24.6 Å². The standard InChI is InChI=1S/C16H12FNO/c1-11-7-8-18-13(9-11)10-14(17)15(18)16(19)12-5-3-2-4-6-12/h2-10H,1H3. The highest BCUT2D eigenvalue weighted by Gasteiger charge is 2.19. The largest absolute Gasteiger partial charge is 0.311 e. The summed E-state index contributed by atoms with van der Waals surface area (Å²) in [6.45, 7) is 1.93. The summed E-state index contributed by atoms with van der Waals surface area (Å²) in [6, 6.07) is 13.8. The van der Waals surface area contributed by atoms with Crippen molar-refractivity contribution in [3.8, 4) is 0 Å². The number of rotatable bonds is 2. The Bertz CT molecular complexity index is 759. The van der Waals surface area contributed by atoms with E-state index in [2.05, 4.69) is 0 Å². The van der Waals surface area contributed by atoms with Gasteiger partial charge in [0.15, 0.2) is 5.82 Å². The first-order valence-electron chi connectivity index (χ1n) is 6.04. The third-order valence-corrected chi connectivity index (χ3v) is 3.13. The lowest BCUT2D eigenvalue weighted by molar-refractivity contribution is 0.102. The molecule has 0 N–H and O–H groups in total. The van der Waals surface area contributed by atoms with Gasteiger partial charge in [0.1, 0.15) is 5.69 Å². The Morgan fingerprint density at radius 2 is 1.84 bits per heavy atom. The van der Waals surface area contributed by atoms with Gasteiger partial charge in [0.25, 0.3) is 0 Å². The van der Waals surface area contributed by atoms with E-state index in [9.17, 15) is 9.18 Å². The van der Waals surface area contributed by atoms with Gasteiger partial charge in [0, 0.05) is 23.3 Å². The second kappa shape index (κ2) is 4.35. The molecule has 3 rings (SSSR count). The number of pyridine rings is 1. The third kappa shape index (κ3) is 1.93. The first-order chi connectivity index (χ1) is 9.16. The molecule has 0 aliphatic carbocycles. The van der Waals surface area contributed by atoms with Crippen molar-refractivity contribution in [3.63, 3.8) is 0 Å². The van der Waals surface area contributed by atoms with Crippen molar-refractivity contribution in [2.45, 2.75) is 6.92 Å². The second-order valence-corrected chi connectivity index (χ2v) is 4.53. The summed E-state index contributed by atoms with van der Waals surface area (Å²) in [6.07, 6.45) is 1.73. The normalized spacial score (nSPS) is 10.8. The Balaban J connectivity index is 2.20. The maximum atomic E-state index is 14.0. The first kappa shape index (κ1) is 11.7. The molecule has 1 aromatic carbocycles. The molecule has 0 aliphatic rings. The topological polar surface area (TPSA) is 21.5 Å². The molecule has 0 saturated heterocycles. The van der Waals surface area contributed by atoms with Gasteiger partial charge in [-0.15, -0.1) is 0 Å². The maximum Gasteiger partial charge on any atom is 0.212 e. The number of fused-ring (bicyclic) bond motifs is 1. The highest BCUT2D eigenvalue weighted by atomic mass is 19.1. The van der Waals surface area contributed by atoms with Crippen LogP contribution < -0.4 is 0 Å². The number of hydrogen-bond donors (Lipinski definition) is 0. The molecule has 19 heavy (non-hydrogen) atoms. The van der Waals surface area contributed by atoms with Gasteiger partial charge in [0.2, 0.25) is 5.78 Å². The Morgan fingerprint density at radius 1 is 1.11 bits per heavy atom. The van der Waals surface area contributed by atoms with Crippen molar-refractivity contribution in [3.05, 3.63) is 77.4 Å². The average molecular weight is 253 g/mol. The van der Waals surface area contributed by atoms with Crippen molar-refractivity contribution in [2.75, 3.05) is 0 Å². The van der Waals surface area contributed by atoms with Crippen LogP contribution in [0.25, 0.3) is 5.52 Å². The smallest absolute Gasteiger partial charge is 0.212 e. The van der Waals surface area contributed by atoms with Crippen LogP contribution in [0.3, 0.4) is 0 Å². The quantitative estimate of drug-likeness (QED) is 0.639. The molecule has 0 bridgehead atoms. The lowest BCUT2D eigenvalue weighted by Crippen LogP contribution is -2.07. The summed E-state index contributed by atoms with van der Waals surface area (Å²) in [5.41, 5.74) is 2.30. The van der Waals surface area contributed by atoms with Crippen LogP contribution in [0.4, 0.5) is 4.39 Å². The Labute approximate surface area is 110 Å². The van der Waals surface area contributed by atoms with Crippen LogP contribution in [0.2, 0.25) is 0 Å². The maximum absolute atomic E-state index is 14.0. The fourth-order valence-electron chi connectivity index (χ4n) is 2.20. The van der Waals surface area contributed by atoms with E-state index in [1.54, 1.807) is 34.9 Å². The molecule has 0 unspecified atom stereocenters. The predicted octanol–water partition coefficient (Wildman–Crippen LogP) is 3.62. The van der Waals surface area contributed by atoms with Crippen molar-refractivity contribution in [2.24, 2.45) is 0 Å².